The third-order valence-electron chi connectivity index (χ3n) is 1.92. The lowest BCUT2D eigenvalue weighted by molar-refractivity contribution is -0.118. The molecule has 0 atom stereocenters. The Hall–Kier alpha value is -2.31. The Labute approximate surface area is 91.7 Å². The van der Waals surface area contributed by atoms with Crippen molar-refractivity contribution in [2.24, 2.45) is 0 Å². The average Bonchev–Trinajstić information content (AvgIpc) is 2.26. The van der Waals surface area contributed by atoms with Crippen LogP contribution in [0.4, 0.5) is 11.5 Å². The number of nitrogens with zero attached hydrogens (tertiary/aromatic N) is 1. The van der Waals surface area contributed by atoms with Crippen molar-refractivity contribution in [3.05, 3.63) is 17.8 Å². The predicted octanol–water partition coefficient (Wildman–Crippen LogP) is -0.480. The summed E-state index contributed by atoms with van der Waals surface area (Å²) in [7, 11) is 1.49. The first-order valence-electron chi connectivity index (χ1n) is 4.48. The number of rotatable bonds is 4. The van der Waals surface area contributed by atoms with Crippen molar-refractivity contribution in [3.63, 3.8) is 0 Å². The first-order chi connectivity index (χ1) is 7.56. The van der Waals surface area contributed by atoms with Crippen LogP contribution in [0, 0.1) is 0 Å². The number of hydrogen-bond donors (Lipinski definition) is 4. The minimum atomic E-state index is -1.14. The molecule has 0 aliphatic carbocycles. The number of carbonyl (C=O) groups excluding carboxylic acids is 1. The van der Waals surface area contributed by atoms with E-state index in [0.717, 1.165) is 0 Å². The molecule has 0 unspecified atom stereocenters. The van der Waals surface area contributed by atoms with Gasteiger partial charge in [0.1, 0.15) is 5.82 Å². The third-order valence-corrected chi connectivity index (χ3v) is 1.92. The number of nitrogens with two attached hydrogens (primary N) is 1. The van der Waals surface area contributed by atoms with Crippen molar-refractivity contribution in [2.45, 2.75) is 0 Å². The summed E-state index contributed by atoms with van der Waals surface area (Å²) >= 11 is 0. The maximum absolute atomic E-state index is 11.0. The fraction of sp³-hybridized carbons (Fsp3) is 0.222. The molecule has 0 aliphatic rings. The molecule has 7 nitrogen and oxygen atoms in total. The summed E-state index contributed by atoms with van der Waals surface area (Å²) in [6.45, 7) is -0.0171. The van der Waals surface area contributed by atoms with Crippen LogP contribution in [0.1, 0.15) is 10.4 Å². The standard InChI is InChI=1S/C9H12N4O3/c1-11-6(14)4-13-8-7(10)5(9(15)16)2-3-12-8/h2-3H,4,10H2,1H3,(H,11,14)(H,12,13)(H,15,16). The molecular formula is C9H12N4O3. The van der Waals surface area contributed by atoms with E-state index < -0.39 is 5.97 Å². The molecule has 86 valence electrons. The number of nitrogens with one attached hydrogen (secondary N) is 2. The lowest BCUT2D eigenvalue weighted by Gasteiger charge is -2.08. The molecule has 1 aromatic rings. The smallest absolute Gasteiger partial charge is 0.337 e. The van der Waals surface area contributed by atoms with E-state index in [1.807, 2.05) is 0 Å². The number of pyridine rings is 1. The molecule has 1 amide bonds. The molecule has 0 aromatic carbocycles. The highest BCUT2D eigenvalue weighted by molar-refractivity contribution is 5.96. The number of aromatic nitrogens is 1. The van der Waals surface area contributed by atoms with Gasteiger partial charge in [0.2, 0.25) is 5.91 Å². The van der Waals surface area contributed by atoms with E-state index in [2.05, 4.69) is 15.6 Å². The molecule has 16 heavy (non-hydrogen) atoms. The zero-order chi connectivity index (χ0) is 12.1. The summed E-state index contributed by atoms with van der Waals surface area (Å²) in [5, 5.41) is 13.9. The second kappa shape index (κ2) is 4.96. The van der Waals surface area contributed by atoms with Crippen molar-refractivity contribution >= 4 is 23.4 Å². The number of hydrogen-bond acceptors (Lipinski definition) is 5. The van der Waals surface area contributed by atoms with Crippen LogP contribution in [0.2, 0.25) is 0 Å². The lowest BCUT2D eigenvalue weighted by atomic mass is 10.2. The van der Waals surface area contributed by atoms with Crippen molar-refractivity contribution < 1.29 is 14.7 Å². The van der Waals surface area contributed by atoms with Gasteiger partial charge in [-0.15, -0.1) is 0 Å². The van der Waals surface area contributed by atoms with Gasteiger partial charge in [0, 0.05) is 13.2 Å². The second-order valence-corrected chi connectivity index (χ2v) is 2.95. The fourth-order valence-electron chi connectivity index (χ4n) is 1.05. The Kier molecular flexibility index (Phi) is 3.65. The van der Waals surface area contributed by atoms with Gasteiger partial charge in [-0.1, -0.05) is 0 Å². The summed E-state index contributed by atoms with van der Waals surface area (Å²) in [5.41, 5.74) is 5.54. The third kappa shape index (κ3) is 2.59. The van der Waals surface area contributed by atoms with Gasteiger partial charge in [0.05, 0.1) is 17.8 Å². The number of carboxylic acids is 1. The van der Waals surface area contributed by atoms with Crippen LogP contribution in [0.3, 0.4) is 0 Å². The van der Waals surface area contributed by atoms with Gasteiger partial charge in [-0.25, -0.2) is 9.78 Å². The van der Waals surface area contributed by atoms with Crippen LogP contribution in [-0.4, -0.2) is 35.6 Å². The summed E-state index contributed by atoms with van der Waals surface area (Å²) < 4.78 is 0. The highest BCUT2D eigenvalue weighted by Gasteiger charge is 2.12. The van der Waals surface area contributed by atoms with Gasteiger partial charge < -0.3 is 21.5 Å². The van der Waals surface area contributed by atoms with Crippen LogP contribution in [0.15, 0.2) is 12.3 Å². The monoisotopic (exact) mass is 224 g/mol. The van der Waals surface area contributed by atoms with E-state index in [1.54, 1.807) is 0 Å². The molecule has 0 saturated heterocycles. The van der Waals surface area contributed by atoms with Crippen molar-refractivity contribution in [3.8, 4) is 0 Å². The Morgan fingerprint density at radius 2 is 2.25 bits per heavy atom. The Morgan fingerprint density at radius 3 is 2.81 bits per heavy atom. The summed E-state index contributed by atoms with van der Waals surface area (Å²) in [6, 6.07) is 1.29. The first kappa shape index (κ1) is 11.8. The molecule has 7 heteroatoms. The first-order valence-corrected chi connectivity index (χ1v) is 4.48. The molecule has 0 aliphatic heterocycles. The Bertz CT molecular complexity index is 419. The van der Waals surface area contributed by atoms with E-state index in [4.69, 9.17) is 10.8 Å². The van der Waals surface area contributed by atoms with Gasteiger partial charge in [-0.2, -0.15) is 0 Å². The van der Waals surface area contributed by atoms with Crippen LogP contribution in [-0.2, 0) is 4.79 Å². The molecule has 1 heterocycles. The number of carboxylic acid groups (broad SMARTS) is 1. The lowest BCUT2D eigenvalue weighted by Crippen LogP contribution is -2.26. The summed E-state index contributed by atoms with van der Waals surface area (Å²) in [4.78, 5) is 25.6. The SMILES string of the molecule is CNC(=O)CNc1nccc(C(=O)O)c1N. The molecule has 0 fully saturated rings. The maximum atomic E-state index is 11.0. The summed E-state index contributed by atoms with van der Waals surface area (Å²) in [6.07, 6.45) is 1.31. The van der Waals surface area contributed by atoms with Gasteiger partial charge in [0.25, 0.3) is 0 Å². The number of anilines is 2. The van der Waals surface area contributed by atoms with Crippen molar-refractivity contribution in [1.82, 2.24) is 10.3 Å². The molecule has 0 spiro atoms. The highest BCUT2D eigenvalue weighted by Crippen LogP contribution is 2.19. The molecule has 0 bridgehead atoms. The minimum absolute atomic E-state index is 0.0129. The van der Waals surface area contributed by atoms with Crippen LogP contribution in [0.5, 0.6) is 0 Å². The highest BCUT2D eigenvalue weighted by atomic mass is 16.4. The van der Waals surface area contributed by atoms with Crippen molar-refractivity contribution in [1.29, 1.82) is 0 Å². The largest absolute Gasteiger partial charge is 0.478 e. The normalized spacial score (nSPS) is 9.56. The maximum Gasteiger partial charge on any atom is 0.337 e. The Morgan fingerprint density at radius 1 is 1.56 bits per heavy atom. The molecule has 5 N–H and O–H groups in total. The molecular weight excluding hydrogens is 212 g/mol. The number of carbonyl (C=O) groups is 2. The van der Waals surface area contributed by atoms with E-state index in [9.17, 15) is 9.59 Å². The molecule has 1 aromatic heterocycles. The number of amides is 1. The number of likely N-dealkylation sites (N-methyl/N-ethyl adjacent to an activating group) is 1. The summed E-state index contributed by atoms with van der Waals surface area (Å²) in [5.74, 6) is -1.20. The van der Waals surface area contributed by atoms with E-state index in [0.29, 0.717) is 0 Å². The van der Waals surface area contributed by atoms with Crippen LogP contribution in [0.25, 0.3) is 0 Å². The molecule has 0 radical (unpaired) electrons. The topological polar surface area (TPSA) is 117 Å². The minimum Gasteiger partial charge on any atom is -0.478 e. The Balaban J connectivity index is 2.85. The van der Waals surface area contributed by atoms with E-state index >= 15 is 0 Å². The molecule has 0 saturated carbocycles. The van der Waals surface area contributed by atoms with Gasteiger partial charge in [-0.05, 0) is 6.07 Å². The van der Waals surface area contributed by atoms with Gasteiger partial charge in [0.15, 0.2) is 0 Å². The predicted molar refractivity (Wildman–Crippen MR) is 58.2 cm³/mol. The van der Waals surface area contributed by atoms with Crippen molar-refractivity contribution in [2.75, 3.05) is 24.6 Å². The van der Waals surface area contributed by atoms with E-state index in [1.165, 1.54) is 19.3 Å². The van der Waals surface area contributed by atoms with Gasteiger partial charge in [-0.3, -0.25) is 4.79 Å². The van der Waals surface area contributed by atoms with Crippen LogP contribution >= 0.6 is 0 Å². The molecule has 1 rings (SSSR count). The van der Waals surface area contributed by atoms with E-state index in [-0.39, 0.29) is 29.5 Å². The zero-order valence-electron chi connectivity index (χ0n) is 8.65. The number of aromatic carboxylic acids is 1. The van der Waals surface area contributed by atoms with Crippen LogP contribution < -0.4 is 16.4 Å². The number of nitrogen functional groups attached to an aromatic ring is 1. The quantitative estimate of drug-likeness (QED) is 0.548. The fourth-order valence-corrected chi connectivity index (χ4v) is 1.05. The zero-order valence-corrected chi connectivity index (χ0v) is 8.65. The average molecular weight is 224 g/mol. The van der Waals surface area contributed by atoms with Gasteiger partial charge >= 0.3 is 5.97 Å². The second-order valence-electron chi connectivity index (χ2n) is 2.95.